The first-order chi connectivity index (χ1) is 8.64. The highest BCUT2D eigenvalue weighted by molar-refractivity contribution is 5.19. The van der Waals surface area contributed by atoms with Gasteiger partial charge < -0.3 is 10.4 Å². The second-order valence-corrected chi connectivity index (χ2v) is 5.20. The lowest BCUT2D eigenvalue weighted by atomic mass is 9.91. The SMILES string of the molecule is CC(CO)(Cc1ccc(F)cc1)N1CCNCC1. The molecule has 0 bridgehead atoms. The molecule has 1 aromatic carbocycles. The molecule has 4 heteroatoms. The molecule has 1 aliphatic heterocycles. The van der Waals surface area contributed by atoms with E-state index in [1.54, 1.807) is 12.1 Å². The smallest absolute Gasteiger partial charge is 0.123 e. The summed E-state index contributed by atoms with van der Waals surface area (Å²) in [5, 5.41) is 13.0. The quantitative estimate of drug-likeness (QED) is 0.840. The molecule has 1 saturated heterocycles. The van der Waals surface area contributed by atoms with Crippen LogP contribution in [-0.4, -0.2) is 48.3 Å². The topological polar surface area (TPSA) is 35.5 Å². The Morgan fingerprint density at radius 3 is 2.44 bits per heavy atom. The second-order valence-electron chi connectivity index (χ2n) is 5.20. The van der Waals surface area contributed by atoms with Gasteiger partial charge in [-0.2, -0.15) is 0 Å². The van der Waals surface area contributed by atoms with Crippen LogP contribution >= 0.6 is 0 Å². The summed E-state index contributed by atoms with van der Waals surface area (Å²) in [5.41, 5.74) is 0.798. The van der Waals surface area contributed by atoms with Gasteiger partial charge in [0.05, 0.1) is 6.61 Å². The number of hydrogen-bond donors (Lipinski definition) is 2. The van der Waals surface area contributed by atoms with Gasteiger partial charge >= 0.3 is 0 Å². The Labute approximate surface area is 108 Å². The van der Waals surface area contributed by atoms with Gasteiger partial charge in [0.25, 0.3) is 0 Å². The van der Waals surface area contributed by atoms with E-state index in [2.05, 4.69) is 17.1 Å². The molecule has 0 aliphatic carbocycles. The molecule has 0 aromatic heterocycles. The fourth-order valence-electron chi connectivity index (χ4n) is 2.51. The van der Waals surface area contributed by atoms with Crippen LogP contribution in [0.15, 0.2) is 24.3 Å². The van der Waals surface area contributed by atoms with Crippen LogP contribution in [0, 0.1) is 5.82 Å². The number of hydrogen-bond acceptors (Lipinski definition) is 3. The third-order valence-electron chi connectivity index (χ3n) is 3.72. The van der Waals surface area contributed by atoms with Crippen LogP contribution in [0.5, 0.6) is 0 Å². The molecule has 0 saturated carbocycles. The molecule has 1 aromatic rings. The Morgan fingerprint density at radius 2 is 1.89 bits per heavy atom. The number of rotatable bonds is 4. The monoisotopic (exact) mass is 252 g/mol. The number of aliphatic hydroxyl groups excluding tert-OH is 1. The van der Waals surface area contributed by atoms with Crippen molar-refractivity contribution >= 4 is 0 Å². The number of halogens is 1. The molecule has 1 fully saturated rings. The fourth-order valence-corrected chi connectivity index (χ4v) is 2.51. The minimum atomic E-state index is -0.264. The lowest BCUT2D eigenvalue weighted by molar-refractivity contribution is 0.0340. The molecule has 1 unspecified atom stereocenters. The summed E-state index contributed by atoms with van der Waals surface area (Å²) in [7, 11) is 0. The maximum Gasteiger partial charge on any atom is 0.123 e. The van der Waals surface area contributed by atoms with E-state index < -0.39 is 0 Å². The molecule has 0 radical (unpaired) electrons. The van der Waals surface area contributed by atoms with Crippen molar-refractivity contribution in [2.24, 2.45) is 0 Å². The maximum absolute atomic E-state index is 12.9. The van der Waals surface area contributed by atoms with E-state index in [-0.39, 0.29) is 18.0 Å². The summed E-state index contributed by atoms with van der Waals surface area (Å²) in [6.07, 6.45) is 0.740. The molecule has 0 amide bonds. The predicted octanol–water partition coefficient (Wildman–Crippen LogP) is 1.02. The average Bonchev–Trinajstić information content (AvgIpc) is 2.42. The molecule has 3 nitrogen and oxygen atoms in total. The van der Waals surface area contributed by atoms with Gasteiger partial charge in [0.2, 0.25) is 0 Å². The van der Waals surface area contributed by atoms with Gasteiger partial charge in [-0.3, -0.25) is 4.90 Å². The highest BCUT2D eigenvalue weighted by Crippen LogP contribution is 2.21. The van der Waals surface area contributed by atoms with Crippen molar-refractivity contribution in [3.63, 3.8) is 0 Å². The molecule has 1 aliphatic rings. The van der Waals surface area contributed by atoms with Gasteiger partial charge in [0, 0.05) is 31.7 Å². The molecule has 18 heavy (non-hydrogen) atoms. The first-order valence-electron chi connectivity index (χ1n) is 6.45. The van der Waals surface area contributed by atoms with Gasteiger partial charge in [-0.15, -0.1) is 0 Å². The van der Waals surface area contributed by atoms with Crippen LogP contribution < -0.4 is 5.32 Å². The highest BCUT2D eigenvalue weighted by atomic mass is 19.1. The zero-order valence-corrected chi connectivity index (χ0v) is 10.8. The normalized spacial score (nSPS) is 20.6. The van der Waals surface area contributed by atoms with Gasteiger partial charge in [0.15, 0.2) is 0 Å². The zero-order valence-electron chi connectivity index (χ0n) is 10.8. The Hall–Kier alpha value is -0.970. The average molecular weight is 252 g/mol. The van der Waals surface area contributed by atoms with E-state index in [1.165, 1.54) is 12.1 Å². The van der Waals surface area contributed by atoms with Crippen molar-refractivity contribution in [1.29, 1.82) is 0 Å². The van der Waals surface area contributed by atoms with Crippen molar-refractivity contribution < 1.29 is 9.50 Å². The zero-order chi connectivity index (χ0) is 13.0. The predicted molar refractivity (Wildman–Crippen MR) is 70.0 cm³/mol. The molecule has 1 heterocycles. The van der Waals surface area contributed by atoms with Crippen molar-refractivity contribution in [1.82, 2.24) is 10.2 Å². The van der Waals surface area contributed by atoms with Crippen LogP contribution in [0.25, 0.3) is 0 Å². The lowest BCUT2D eigenvalue weighted by Crippen LogP contribution is -2.57. The van der Waals surface area contributed by atoms with Crippen LogP contribution in [0.1, 0.15) is 12.5 Å². The highest BCUT2D eigenvalue weighted by Gasteiger charge is 2.32. The molecular weight excluding hydrogens is 231 g/mol. The molecule has 0 spiro atoms. The van der Waals surface area contributed by atoms with Gasteiger partial charge in [0.1, 0.15) is 5.82 Å². The van der Waals surface area contributed by atoms with Crippen molar-refractivity contribution in [2.45, 2.75) is 18.9 Å². The van der Waals surface area contributed by atoms with Crippen molar-refractivity contribution in [2.75, 3.05) is 32.8 Å². The van der Waals surface area contributed by atoms with Gasteiger partial charge in [-0.1, -0.05) is 12.1 Å². The molecule has 1 atom stereocenters. The molecule has 2 rings (SSSR count). The van der Waals surface area contributed by atoms with Gasteiger partial charge in [-0.25, -0.2) is 4.39 Å². The number of nitrogens with zero attached hydrogens (tertiary/aromatic N) is 1. The standard InChI is InChI=1S/C14H21FN2O/c1-14(11-18,17-8-6-16-7-9-17)10-12-2-4-13(15)5-3-12/h2-5,16,18H,6-11H2,1H3. The summed E-state index contributed by atoms with van der Waals surface area (Å²) in [6.45, 7) is 5.99. The van der Waals surface area contributed by atoms with Gasteiger partial charge in [-0.05, 0) is 31.0 Å². The fraction of sp³-hybridized carbons (Fsp3) is 0.571. The lowest BCUT2D eigenvalue weighted by Gasteiger charge is -2.42. The van der Waals surface area contributed by atoms with Crippen molar-refractivity contribution in [3.8, 4) is 0 Å². The first kappa shape index (κ1) is 13.5. The first-order valence-corrected chi connectivity index (χ1v) is 6.45. The van der Waals surface area contributed by atoms with E-state index in [4.69, 9.17) is 0 Å². The Kier molecular flexibility index (Phi) is 4.32. The van der Waals surface area contributed by atoms with E-state index in [0.717, 1.165) is 38.2 Å². The minimum absolute atomic E-state index is 0.115. The number of benzene rings is 1. The Bertz CT molecular complexity index is 376. The molecule has 100 valence electrons. The third kappa shape index (κ3) is 3.07. The molecular formula is C14H21FN2O. The summed E-state index contributed by atoms with van der Waals surface area (Å²) in [6, 6.07) is 6.55. The number of nitrogens with one attached hydrogen (secondary N) is 1. The largest absolute Gasteiger partial charge is 0.394 e. The van der Waals surface area contributed by atoms with Crippen molar-refractivity contribution in [3.05, 3.63) is 35.6 Å². The van der Waals surface area contributed by atoms with Crippen LogP contribution in [0.3, 0.4) is 0 Å². The van der Waals surface area contributed by atoms with E-state index in [0.29, 0.717) is 0 Å². The van der Waals surface area contributed by atoms with E-state index in [1.807, 2.05) is 0 Å². The van der Waals surface area contributed by atoms with E-state index >= 15 is 0 Å². The summed E-state index contributed by atoms with van der Waals surface area (Å²) >= 11 is 0. The van der Waals surface area contributed by atoms with Crippen LogP contribution in [0.2, 0.25) is 0 Å². The Morgan fingerprint density at radius 1 is 1.28 bits per heavy atom. The number of aliphatic hydroxyl groups is 1. The second kappa shape index (κ2) is 5.78. The third-order valence-corrected chi connectivity index (χ3v) is 3.72. The minimum Gasteiger partial charge on any atom is -0.394 e. The summed E-state index contributed by atoms with van der Waals surface area (Å²) in [4.78, 5) is 2.31. The summed E-state index contributed by atoms with van der Waals surface area (Å²) < 4.78 is 12.9. The number of piperazine rings is 1. The Balaban J connectivity index is 2.08. The summed E-state index contributed by atoms with van der Waals surface area (Å²) in [5.74, 6) is -0.216. The maximum atomic E-state index is 12.9. The van der Waals surface area contributed by atoms with Crippen LogP contribution in [-0.2, 0) is 6.42 Å². The molecule has 2 N–H and O–H groups in total. The van der Waals surface area contributed by atoms with E-state index in [9.17, 15) is 9.50 Å². The van der Waals surface area contributed by atoms with Crippen LogP contribution in [0.4, 0.5) is 4.39 Å².